The van der Waals surface area contributed by atoms with Crippen molar-refractivity contribution in [1.29, 1.82) is 0 Å². The zero-order chi connectivity index (χ0) is 14.8. The van der Waals surface area contributed by atoms with Crippen molar-refractivity contribution in [3.63, 3.8) is 0 Å². The molecular weight excluding hydrogens is 314 g/mol. The van der Waals surface area contributed by atoms with Gasteiger partial charge in [0.1, 0.15) is 0 Å². The van der Waals surface area contributed by atoms with Crippen LogP contribution in [0.3, 0.4) is 0 Å². The molecule has 1 aliphatic carbocycles. The average molecular weight is 338 g/mol. The minimum atomic E-state index is 0.237. The maximum Gasteiger partial charge on any atom is 0.195 e. The molecule has 0 aliphatic heterocycles. The van der Waals surface area contributed by atoms with Crippen molar-refractivity contribution in [1.82, 2.24) is 9.80 Å². The number of rotatable bonds is 3. The van der Waals surface area contributed by atoms with E-state index in [2.05, 4.69) is 50.0 Å². The van der Waals surface area contributed by atoms with Gasteiger partial charge < -0.3 is 9.80 Å². The first-order chi connectivity index (χ1) is 9.44. The Kier molecular flexibility index (Phi) is 4.74. The van der Waals surface area contributed by atoms with E-state index < -0.39 is 0 Å². The van der Waals surface area contributed by atoms with Gasteiger partial charge in [0.2, 0.25) is 0 Å². The lowest BCUT2D eigenvalue weighted by atomic mass is 9.64. The van der Waals surface area contributed by atoms with Gasteiger partial charge in [-0.05, 0) is 30.5 Å². The molecule has 0 aromatic heterocycles. The van der Waals surface area contributed by atoms with Crippen LogP contribution < -0.4 is 0 Å². The van der Waals surface area contributed by atoms with Crippen LogP contribution in [0, 0.1) is 0 Å². The number of aliphatic imine (C=N–C) groups is 1. The van der Waals surface area contributed by atoms with Crippen molar-refractivity contribution in [3.8, 4) is 0 Å². The third-order valence-electron chi connectivity index (χ3n) is 4.07. The molecule has 0 heterocycles. The van der Waals surface area contributed by atoms with Gasteiger partial charge in [-0.2, -0.15) is 0 Å². The number of benzene rings is 1. The van der Waals surface area contributed by atoms with Crippen molar-refractivity contribution in [2.75, 3.05) is 34.7 Å². The van der Waals surface area contributed by atoms with Crippen molar-refractivity contribution in [2.45, 2.75) is 24.7 Å². The summed E-state index contributed by atoms with van der Waals surface area (Å²) in [5.74, 6) is 1.03. The number of hydrogen-bond donors (Lipinski definition) is 0. The summed E-state index contributed by atoms with van der Waals surface area (Å²) in [6, 6.07) is 8.70. The van der Waals surface area contributed by atoms with Gasteiger partial charge in [-0.25, -0.2) is 0 Å². The molecule has 1 fully saturated rings. The second-order valence-electron chi connectivity index (χ2n) is 6.05. The second-order valence-corrected chi connectivity index (χ2v) is 6.96. The standard InChI is InChI=1S/C16H24BrN3/c1-19(2)15(20(3)4)18-12-16(9-6-10-16)13-7-5-8-14(17)11-13/h5,7-8,11H,6,9-10,12H2,1-4H3. The number of hydrogen-bond acceptors (Lipinski definition) is 1. The number of nitrogens with zero attached hydrogens (tertiary/aromatic N) is 3. The Labute approximate surface area is 130 Å². The van der Waals surface area contributed by atoms with Crippen LogP contribution in [-0.2, 0) is 5.41 Å². The van der Waals surface area contributed by atoms with Crippen LogP contribution in [-0.4, -0.2) is 50.5 Å². The normalized spacial score (nSPS) is 16.2. The van der Waals surface area contributed by atoms with Gasteiger partial charge in [-0.1, -0.05) is 34.5 Å². The Hall–Kier alpha value is -1.03. The third-order valence-corrected chi connectivity index (χ3v) is 4.56. The molecule has 110 valence electrons. The predicted octanol–water partition coefficient (Wildman–Crippen LogP) is 3.35. The first kappa shape index (κ1) is 15.4. The summed E-state index contributed by atoms with van der Waals surface area (Å²) in [6.45, 7) is 0.870. The molecule has 0 spiro atoms. The van der Waals surface area contributed by atoms with E-state index in [0.717, 1.165) is 17.0 Å². The molecule has 4 heteroatoms. The molecule has 0 N–H and O–H groups in total. The van der Waals surface area contributed by atoms with Gasteiger partial charge in [0, 0.05) is 38.1 Å². The summed E-state index contributed by atoms with van der Waals surface area (Å²) in [7, 11) is 8.19. The van der Waals surface area contributed by atoms with E-state index in [0.29, 0.717) is 0 Å². The van der Waals surface area contributed by atoms with E-state index >= 15 is 0 Å². The van der Waals surface area contributed by atoms with Crippen LogP contribution in [0.5, 0.6) is 0 Å². The van der Waals surface area contributed by atoms with Crippen LogP contribution in [0.2, 0.25) is 0 Å². The van der Waals surface area contributed by atoms with Crippen molar-refractivity contribution in [3.05, 3.63) is 34.3 Å². The van der Waals surface area contributed by atoms with Gasteiger partial charge >= 0.3 is 0 Å². The summed E-state index contributed by atoms with van der Waals surface area (Å²) in [6.07, 6.45) is 3.78. The summed E-state index contributed by atoms with van der Waals surface area (Å²) in [5, 5.41) is 0. The van der Waals surface area contributed by atoms with E-state index in [9.17, 15) is 0 Å². The Morgan fingerprint density at radius 2 is 1.85 bits per heavy atom. The minimum absolute atomic E-state index is 0.237. The lowest BCUT2D eigenvalue weighted by Gasteiger charge is -2.42. The SMILES string of the molecule is CN(C)C(=NCC1(c2cccc(Br)c2)CCC1)N(C)C. The fraction of sp³-hybridized carbons (Fsp3) is 0.562. The monoisotopic (exact) mass is 337 g/mol. The highest BCUT2D eigenvalue weighted by atomic mass is 79.9. The van der Waals surface area contributed by atoms with Crippen LogP contribution in [0.1, 0.15) is 24.8 Å². The van der Waals surface area contributed by atoms with E-state index in [1.54, 1.807) is 0 Å². The summed E-state index contributed by atoms with van der Waals surface area (Å²) < 4.78 is 1.16. The largest absolute Gasteiger partial charge is 0.349 e. The molecule has 0 bridgehead atoms. The van der Waals surface area contributed by atoms with Gasteiger partial charge in [0.05, 0.1) is 6.54 Å². The molecule has 1 saturated carbocycles. The van der Waals surface area contributed by atoms with Crippen LogP contribution >= 0.6 is 15.9 Å². The molecule has 0 saturated heterocycles. The molecule has 1 aliphatic rings. The maximum atomic E-state index is 4.88. The lowest BCUT2D eigenvalue weighted by molar-refractivity contribution is 0.251. The Morgan fingerprint density at radius 1 is 1.20 bits per heavy atom. The highest BCUT2D eigenvalue weighted by Gasteiger charge is 2.38. The molecule has 20 heavy (non-hydrogen) atoms. The van der Waals surface area contributed by atoms with E-state index in [1.807, 2.05) is 28.2 Å². The summed E-state index contributed by atoms with van der Waals surface area (Å²) in [5.41, 5.74) is 1.65. The van der Waals surface area contributed by atoms with Crippen LogP contribution in [0.25, 0.3) is 0 Å². The van der Waals surface area contributed by atoms with E-state index in [-0.39, 0.29) is 5.41 Å². The smallest absolute Gasteiger partial charge is 0.195 e. The van der Waals surface area contributed by atoms with Gasteiger partial charge in [-0.3, -0.25) is 4.99 Å². The summed E-state index contributed by atoms with van der Waals surface area (Å²) >= 11 is 3.58. The molecule has 0 radical (unpaired) electrons. The Balaban J connectivity index is 2.22. The molecule has 0 amide bonds. The molecule has 1 aromatic rings. The van der Waals surface area contributed by atoms with Gasteiger partial charge in [0.25, 0.3) is 0 Å². The molecular formula is C16H24BrN3. The Morgan fingerprint density at radius 3 is 2.30 bits per heavy atom. The predicted molar refractivity (Wildman–Crippen MR) is 89.3 cm³/mol. The van der Waals surface area contributed by atoms with Gasteiger partial charge in [0.15, 0.2) is 5.96 Å². The first-order valence-electron chi connectivity index (χ1n) is 7.10. The fourth-order valence-electron chi connectivity index (χ4n) is 2.86. The quantitative estimate of drug-likeness (QED) is 0.622. The fourth-order valence-corrected chi connectivity index (χ4v) is 3.26. The summed E-state index contributed by atoms with van der Waals surface area (Å²) in [4.78, 5) is 9.03. The van der Waals surface area contributed by atoms with Crippen molar-refractivity contribution < 1.29 is 0 Å². The first-order valence-corrected chi connectivity index (χ1v) is 7.89. The minimum Gasteiger partial charge on any atom is -0.349 e. The van der Waals surface area contributed by atoms with Crippen LogP contribution in [0.4, 0.5) is 0 Å². The molecule has 3 nitrogen and oxygen atoms in total. The Bertz CT molecular complexity index is 480. The zero-order valence-corrected chi connectivity index (χ0v) is 14.4. The van der Waals surface area contributed by atoms with E-state index in [4.69, 9.17) is 4.99 Å². The maximum absolute atomic E-state index is 4.88. The van der Waals surface area contributed by atoms with Crippen molar-refractivity contribution >= 4 is 21.9 Å². The highest BCUT2D eigenvalue weighted by Crippen LogP contribution is 2.44. The lowest BCUT2D eigenvalue weighted by Crippen LogP contribution is -2.41. The third kappa shape index (κ3) is 3.17. The van der Waals surface area contributed by atoms with Gasteiger partial charge in [-0.15, -0.1) is 0 Å². The molecule has 0 atom stereocenters. The topological polar surface area (TPSA) is 18.8 Å². The van der Waals surface area contributed by atoms with Crippen molar-refractivity contribution in [2.24, 2.45) is 4.99 Å². The zero-order valence-electron chi connectivity index (χ0n) is 12.9. The molecule has 0 unspecified atom stereocenters. The molecule has 2 rings (SSSR count). The van der Waals surface area contributed by atoms with E-state index in [1.165, 1.54) is 24.8 Å². The number of halogens is 1. The molecule has 1 aromatic carbocycles. The average Bonchev–Trinajstić information content (AvgIpc) is 2.31. The van der Waals surface area contributed by atoms with Crippen LogP contribution in [0.15, 0.2) is 33.7 Å². The highest BCUT2D eigenvalue weighted by molar-refractivity contribution is 9.10. The second kappa shape index (κ2) is 6.17. The number of guanidine groups is 1.